The second-order valence-corrected chi connectivity index (χ2v) is 8.27. The van der Waals surface area contributed by atoms with Gasteiger partial charge in [0.1, 0.15) is 17.5 Å². The van der Waals surface area contributed by atoms with Crippen molar-refractivity contribution in [3.05, 3.63) is 57.1 Å². The zero-order valence-corrected chi connectivity index (χ0v) is 17.8. The van der Waals surface area contributed by atoms with E-state index in [2.05, 4.69) is 0 Å². The quantitative estimate of drug-likeness (QED) is 0.322. The van der Waals surface area contributed by atoms with Crippen LogP contribution in [0.1, 0.15) is 41.5 Å². The van der Waals surface area contributed by atoms with Gasteiger partial charge in [0, 0.05) is 30.6 Å². The highest BCUT2D eigenvalue weighted by atomic mass is 16.6. The van der Waals surface area contributed by atoms with Crippen LogP contribution in [-0.4, -0.2) is 68.8 Å². The second-order valence-electron chi connectivity index (χ2n) is 8.27. The van der Waals surface area contributed by atoms with Crippen molar-refractivity contribution in [2.45, 2.75) is 50.7 Å². The largest absolute Gasteiger partial charge is 0.508 e. The van der Waals surface area contributed by atoms with E-state index in [0.717, 1.165) is 20.8 Å². The van der Waals surface area contributed by atoms with Gasteiger partial charge in [-0.1, -0.05) is 12.1 Å². The molecule has 11 nitrogen and oxygen atoms in total. The Balaban J connectivity index is 2.01. The van der Waals surface area contributed by atoms with E-state index in [4.69, 9.17) is 9.47 Å². The van der Waals surface area contributed by atoms with Gasteiger partial charge < -0.3 is 35.4 Å². The van der Waals surface area contributed by atoms with Crippen LogP contribution >= 0.6 is 0 Å². The summed E-state index contributed by atoms with van der Waals surface area (Å²) in [5.41, 5.74) is 6.35. The molecule has 4 N–H and O–H groups in total. The van der Waals surface area contributed by atoms with Crippen molar-refractivity contribution in [2.75, 3.05) is 0 Å². The fourth-order valence-corrected chi connectivity index (χ4v) is 4.86. The van der Waals surface area contributed by atoms with E-state index in [1.165, 1.54) is 18.2 Å². The van der Waals surface area contributed by atoms with E-state index >= 15 is 0 Å². The highest BCUT2D eigenvalue weighted by Gasteiger charge is 2.62. The average Bonchev–Trinajstić information content (AvgIpc) is 3.07. The third-order valence-electron chi connectivity index (χ3n) is 6.11. The van der Waals surface area contributed by atoms with E-state index in [9.17, 15) is 40.0 Å². The number of aliphatic hydroxyl groups excluding tert-OH is 1. The molecule has 0 saturated carbocycles. The maximum absolute atomic E-state index is 13.4. The van der Waals surface area contributed by atoms with Crippen LogP contribution in [0.2, 0.25) is 0 Å². The lowest BCUT2D eigenvalue weighted by atomic mass is 9.73. The fourth-order valence-electron chi connectivity index (χ4n) is 4.86. The number of carbonyl (C=O) groups excluding carboxylic acids is 4. The number of hydrogen-bond acceptors (Lipinski definition) is 9. The van der Waals surface area contributed by atoms with Crippen molar-refractivity contribution in [1.82, 2.24) is 0 Å². The number of nitrogens with zero attached hydrogens (tertiary/aromatic N) is 1. The Hall–Kier alpha value is -3.70. The van der Waals surface area contributed by atoms with Gasteiger partial charge in [-0.2, -0.15) is 0 Å². The van der Waals surface area contributed by atoms with E-state index in [-0.39, 0.29) is 33.4 Å². The predicted octanol–water partition coefficient (Wildman–Crippen LogP) is -1.16. The number of nitrogens with one attached hydrogen (secondary N) is 1. The molecule has 1 aromatic rings. The monoisotopic (exact) mass is 456 g/mol. The smallest absolute Gasteiger partial charge is 0.303 e. The van der Waals surface area contributed by atoms with Gasteiger partial charge in [-0.05, 0) is 13.0 Å². The molecule has 0 aromatic heterocycles. The number of carbonyl (C=O) groups is 4. The van der Waals surface area contributed by atoms with Crippen LogP contribution in [0.4, 0.5) is 0 Å². The molecule has 0 amide bonds. The zero-order valence-electron chi connectivity index (χ0n) is 17.8. The van der Waals surface area contributed by atoms with Crippen molar-refractivity contribution in [3.63, 3.8) is 0 Å². The number of hydrogen-bond donors (Lipinski definition) is 4. The van der Waals surface area contributed by atoms with Gasteiger partial charge in [0.25, 0.3) is 0 Å². The molecule has 33 heavy (non-hydrogen) atoms. The zero-order chi connectivity index (χ0) is 24.4. The number of aromatic hydroxyl groups is 1. The summed E-state index contributed by atoms with van der Waals surface area (Å²) in [6, 6.07) is 2.43. The summed E-state index contributed by atoms with van der Waals surface area (Å²) in [4.78, 5) is 50.3. The molecule has 3 aliphatic carbocycles. The lowest BCUT2D eigenvalue weighted by Gasteiger charge is -2.45. The summed E-state index contributed by atoms with van der Waals surface area (Å²) in [5, 5.41) is 34.5. The summed E-state index contributed by atoms with van der Waals surface area (Å²) in [5.74, 6) is -3.73. The summed E-state index contributed by atoms with van der Waals surface area (Å²) in [7, 11) is 0. The molecule has 11 heteroatoms. The van der Waals surface area contributed by atoms with Gasteiger partial charge in [-0.15, -0.1) is 0 Å². The number of fused-ring (bicyclic) bond motifs is 2. The number of ketones is 2. The third kappa shape index (κ3) is 3.04. The molecule has 5 atom stereocenters. The second kappa shape index (κ2) is 7.42. The van der Waals surface area contributed by atoms with Gasteiger partial charge >= 0.3 is 11.9 Å². The molecule has 4 rings (SSSR count). The first-order valence-electron chi connectivity index (χ1n) is 9.97. The predicted molar refractivity (Wildman–Crippen MR) is 107 cm³/mol. The first-order chi connectivity index (χ1) is 15.4. The van der Waals surface area contributed by atoms with Crippen molar-refractivity contribution in [2.24, 2.45) is 0 Å². The Morgan fingerprint density at radius 3 is 2.30 bits per heavy atom. The van der Waals surface area contributed by atoms with Crippen molar-refractivity contribution in [1.29, 1.82) is 0 Å². The van der Waals surface area contributed by atoms with Gasteiger partial charge in [0.15, 0.2) is 24.0 Å². The molecule has 1 aromatic carbocycles. The number of Topliss-reactive ketones (excluding diaryl/α,β-unsaturated/α-hetero) is 2. The van der Waals surface area contributed by atoms with Crippen molar-refractivity contribution in [3.8, 4) is 5.75 Å². The molecule has 0 saturated heterocycles. The number of aliphatic hydroxyl groups is 2. The summed E-state index contributed by atoms with van der Waals surface area (Å²) < 4.78 is 10.4. The maximum Gasteiger partial charge on any atom is 0.303 e. The first-order valence-corrected chi connectivity index (χ1v) is 9.97. The minimum absolute atomic E-state index is 0.137. The Bertz CT molecular complexity index is 1210. The van der Waals surface area contributed by atoms with Gasteiger partial charge in [0.05, 0.1) is 16.7 Å². The molecule has 0 radical (unpaired) electrons. The van der Waals surface area contributed by atoms with Crippen LogP contribution in [-0.2, 0) is 19.1 Å². The van der Waals surface area contributed by atoms with E-state index in [0.29, 0.717) is 0 Å². The maximum atomic E-state index is 13.4. The minimum atomic E-state index is -2.21. The lowest BCUT2D eigenvalue weighted by Crippen LogP contribution is -2.76. The number of rotatable bonds is 3. The molecule has 0 bridgehead atoms. The van der Waals surface area contributed by atoms with Gasteiger partial charge in [-0.25, -0.2) is 0 Å². The van der Waals surface area contributed by atoms with E-state index in [1.54, 1.807) is 0 Å². The first kappa shape index (κ1) is 22.5. The molecule has 172 valence electrons. The van der Waals surface area contributed by atoms with Gasteiger partial charge in [0.2, 0.25) is 5.78 Å². The lowest BCUT2D eigenvalue weighted by molar-refractivity contribution is -0.504. The Labute approximate surface area is 186 Å². The standard InChI is InChI=1S/C22H20N2O9/c1-7(25)32-20-15-13(19(30)21(22(20,3)31)33-8(2)26)12-14(16(15)24-23)18(29)11-9(17(12)28)5-4-6-10(11)27/h4-6,16,19-21,24,27,30-31H,1-3H3. The molecule has 0 spiro atoms. The molecule has 0 heterocycles. The highest BCUT2D eigenvalue weighted by molar-refractivity contribution is 6.31. The van der Waals surface area contributed by atoms with Crippen molar-refractivity contribution >= 4 is 23.5 Å². The average molecular weight is 456 g/mol. The Morgan fingerprint density at radius 2 is 1.73 bits per heavy atom. The number of esters is 2. The van der Waals surface area contributed by atoms with Crippen LogP contribution in [0.25, 0.3) is 5.53 Å². The highest BCUT2D eigenvalue weighted by Crippen LogP contribution is 2.50. The van der Waals surface area contributed by atoms with Crippen LogP contribution in [0.15, 0.2) is 40.5 Å². The van der Waals surface area contributed by atoms with Crippen molar-refractivity contribution < 1.29 is 49.1 Å². The molecule has 5 unspecified atom stereocenters. The van der Waals surface area contributed by atoms with Crippen LogP contribution < -0.4 is 5.11 Å². The Kier molecular flexibility index (Phi) is 5.06. The van der Waals surface area contributed by atoms with E-state index < -0.39 is 59.2 Å². The topological polar surface area (TPSA) is 184 Å². The van der Waals surface area contributed by atoms with E-state index in [1.807, 2.05) is 5.11 Å². The molecule has 0 fully saturated rings. The molecular weight excluding hydrogens is 436 g/mol. The summed E-state index contributed by atoms with van der Waals surface area (Å²) in [6.07, 6.45) is -5.12. The number of phenols is 1. The molecule has 3 aliphatic rings. The molecular formula is C22H20N2O9. The number of ether oxygens (including phenoxy) is 2. The fraction of sp³-hybridized carbons (Fsp3) is 0.364. The van der Waals surface area contributed by atoms with Crippen LogP contribution in [0, 0.1) is 0 Å². The van der Waals surface area contributed by atoms with Gasteiger partial charge in [-0.3, -0.25) is 19.2 Å². The van der Waals surface area contributed by atoms with Crippen LogP contribution in [0.3, 0.4) is 0 Å². The number of benzene rings is 1. The summed E-state index contributed by atoms with van der Waals surface area (Å²) in [6.45, 7) is 3.24. The third-order valence-corrected chi connectivity index (χ3v) is 6.11. The Morgan fingerprint density at radius 1 is 1.09 bits per heavy atom. The number of phenolic OH excluding ortho intramolecular Hbond substituents is 1. The SMILES string of the molecule is CC(=O)OC1C2=C(C3=C(C(=O)c4c(O)cccc4C3=O)C2[NH+]=[N-])C(O)C(OC(C)=O)C1(C)O. The van der Waals surface area contributed by atoms with Crippen LogP contribution in [0.5, 0.6) is 5.75 Å². The molecule has 0 aliphatic heterocycles. The summed E-state index contributed by atoms with van der Waals surface area (Å²) >= 11 is 0. The normalized spacial score (nSPS) is 30.5. The minimum Gasteiger partial charge on any atom is -0.508 e.